The van der Waals surface area contributed by atoms with Gasteiger partial charge in [0.25, 0.3) is 5.91 Å². The van der Waals surface area contributed by atoms with E-state index in [1.807, 2.05) is 13.8 Å². The SMILES string of the molecule is CC(C)n1nccc1NC(=O)COc1ccc(Cl)cc1[N+](=O)[O-]. The molecule has 0 bridgehead atoms. The fourth-order valence-electron chi connectivity index (χ4n) is 1.90. The number of anilines is 1. The second-order valence-corrected chi connectivity index (χ2v) is 5.40. The van der Waals surface area contributed by atoms with E-state index in [-0.39, 0.29) is 29.1 Å². The minimum absolute atomic E-state index is 0.0214. The van der Waals surface area contributed by atoms with Gasteiger partial charge in [0, 0.05) is 23.2 Å². The van der Waals surface area contributed by atoms with Crippen molar-refractivity contribution in [1.82, 2.24) is 9.78 Å². The van der Waals surface area contributed by atoms with Gasteiger partial charge in [0.15, 0.2) is 12.4 Å². The van der Waals surface area contributed by atoms with E-state index >= 15 is 0 Å². The Morgan fingerprint density at radius 2 is 2.22 bits per heavy atom. The van der Waals surface area contributed by atoms with Crippen LogP contribution >= 0.6 is 11.6 Å². The van der Waals surface area contributed by atoms with Crippen molar-refractivity contribution in [2.24, 2.45) is 0 Å². The Bertz CT molecular complexity index is 729. The average molecular weight is 339 g/mol. The van der Waals surface area contributed by atoms with Crippen LogP contribution in [0.1, 0.15) is 19.9 Å². The number of nitro groups is 1. The van der Waals surface area contributed by atoms with Crippen molar-refractivity contribution in [2.45, 2.75) is 19.9 Å². The maximum atomic E-state index is 11.9. The summed E-state index contributed by atoms with van der Waals surface area (Å²) >= 11 is 5.72. The monoisotopic (exact) mass is 338 g/mol. The fourth-order valence-corrected chi connectivity index (χ4v) is 2.07. The number of nitrogens with zero attached hydrogens (tertiary/aromatic N) is 3. The molecule has 0 aliphatic carbocycles. The maximum Gasteiger partial charge on any atom is 0.312 e. The summed E-state index contributed by atoms with van der Waals surface area (Å²) < 4.78 is 6.86. The molecule has 1 amide bonds. The lowest BCUT2D eigenvalue weighted by Gasteiger charge is -2.12. The van der Waals surface area contributed by atoms with Crippen LogP contribution in [0.3, 0.4) is 0 Å². The predicted octanol–water partition coefficient (Wildman–Crippen LogP) is 3.04. The number of benzene rings is 1. The highest BCUT2D eigenvalue weighted by atomic mass is 35.5. The number of ether oxygens (including phenoxy) is 1. The first-order chi connectivity index (χ1) is 10.9. The van der Waals surface area contributed by atoms with E-state index in [1.165, 1.54) is 18.2 Å². The molecule has 0 saturated carbocycles. The van der Waals surface area contributed by atoms with Gasteiger partial charge in [-0.2, -0.15) is 5.10 Å². The van der Waals surface area contributed by atoms with Crippen LogP contribution in [0, 0.1) is 10.1 Å². The Hall–Kier alpha value is -2.61. The number of hydrogen-bond acceptors (Lipinski definition) is 5. The smallest absolute Gasteiger partial charge is 0.312 e. The van der Waals surface area contributed by atoms with Crippen molar-refractivity contribution in [3.8, 4) is 5.75 Å². The number of amides is 1. The van der Waals surface area contributed by atoms with E-state index in [0.29, 0.717) is 5.82 Å². The molecule has 122 valence electrons. The Morgan fingerprint density at radius 1 is 1.48 bits per heavy atom. The minimum atomic E-state index is -0.618. The summed E-state index contributed by atoms with van der Waals surface area (Å²) in [5, 5.41) is 17.9. The third kappa shape index (κ3) is 4.19. The Morgan fingerprint density at radius 3 is 2.87 bits per heavy atom. The predicted molar refractivity (Wildman–Crippen MR) is 84.8 cm³/mol. The van der Waals surface area contributed by atoms with Gasteiger partial charge in [0.2, 0.25) is 0 Å². The zero-order valence-electron chi connectivity index (χ0n) is 12.5. The van der Waals surface area contributed by atoms with Crippen LogP contribution in [0.25, 0.3) is 0 Å². The van der Waals surface area contributed by atoms with Gasteiger partial charge in [-0.1, -0.05) is 11.6 Å². The maximum absolute atomic E-state index is 11.9. The summed E-state index contributed by atoms with van der Waals surface area (Å²) in [6.07, 6.45) is 1.57. The molecule has 1 aromatic heterocycles. The molecule has 1 heterocycles. The van der Waals surface area contributed by atoms with Crippen LogP contribution in [0.15, 0.2) is 30.5 Å². The van der Waals surface area contributed by atoms with E-state index in [1.54, 1.807) is 16.9 Å². The van der Waals surface area contributed by atoms with E-state index in [2.05, 4.69) is 10.4 Å². The molecule has 0 aliphatic heterocycles. The number of halogens is 1. The van der Waals surface area contributed by atoms with Crippen molar-refractivity contribution < 1.29 is 14.5 Å². The molecule has 2 rings (SSSR count). The fraction of sp³-hybridized carbons (Fsp3) is 0.286. The highest BCUT2D eigenvalue weighted by Crippen LogP contribution is 2.29. The minimum Gasteiger partial charge on any atom is -0.477 e. The largest absolute Gasteiger partial charge is 0.477 e. The summed E-state index contributed by atoms with van der Waals surface area (Å²) in [6.45, 7) is 3.48. The molecule has 0 unspecified atom stereocenters. The van der Waals surface area contributed by atoms with Gasteiger partial charge < -0.3 is 10.1 Å². The van der Waals surface area contributed by atoms with Crippen LogP contribution < -0.4 is 10.1 Å². The van der Waals surface area contributed by atoms with E-state index in [4.69, 9.17) is 16.3 Å². The molecule has 0 saturated heterocycles. The Kier molecular flexibility index (Phi) is 5.17. The average Bonchev–Trinajstić information content (AvgIpc) is 2.94. The van der Waals surface area contributed by atoms with E-state index < -0.39 is 10.8 Å². The summed E-state index contributed by atoms with van der Waals surface area (Å²) in [7, 11) is 0. The first-order valence-corrected chi connectivity index (χ1v) is 7.16. The summed E-state index contributed by atoms with van der Waals surface area (Å²) in [5.74, 6) is 0.0581. The van der Waals surface area contributed by atoms with Crippen molar-refractivity contribution in [2.75, 3.05) is 11.9 Å². The number of nitrogens with one attached hydrogen (secondary N) is 1. The van der Waals surface area contributed by atoms with Crippen LogP contribution in [-0.2, 0) is 4.79 Å². The third-order valence-corrected chi connectivity index (χ3v) is 3.14. The van der Waals surface area contributed by atoms with Gasteiger partial charge in [-0.05, 0) is 26.0 Å². The lowest BCUT2D eigenvalue weighted by molar-refractivity contribution is -0.385. The topological polar surface area (TPSA) is 99.3 Å². The molecule has 23 heavy (non-hydrogen) atoms. The van der Waals surface area contributed by atoms with Gasteiger partial charge in [0.05, 0.1) is 11.1 Å². The van der Waals surface area contributed by atoms with Crippen LogP contribution in [0.4, 0.5) is 11.5 Å². The second-order valence-electron chi connectivity index (χ2n) is 4.96. The first-order valence-electron chi connectivity index (χ1n) is 6.78. The molecule has 0 spiro atoms. The standard InChI is InChI=1S/C14H15ClN4O4/c1-9(2)18-13(5-6-16-18)17-14(20)8-23-12-4-3-10(15)7-11(12)19(21)22/h3-7,9H,8H2,1-2H3,(H,17,20). The summed E-state index contributed by atoms with van der Waals surface area (Å²) in [5.41, 5.74) is -0.294. The molecule has 8 nitrogen and oxygen atoms in total. The van der Waals surface area contributed by atoms with Gasteiger partial charge in [0.1, 0.15) is 5.82 Å². The number of nitro benzene ring substituents is 1. The quantitative estimate of drug-likeness (QED) is 0.644. The second kappa shape index (κ2) is 7.10. The van der Waals surface area contributed by atoms with Crippen molar-refractivity contribution in [3.05, 3.63) is 45.6 Å². The van der Waals surface area contributed by atoms with E-state index in [9.17, 15) is 14.9 Å². The summed E-state index contributed by atoms with van der Waals surface area (Å²) in [6, 6.07) is 5.71. The number of aromatic nitrogens is 2. The highest BCUT2D eigenvalue weighted by molar-refractivity contribution is 6.30. The lowest BCUT2D eigenvalue weighted by Crippen LogP contribution is -2.22. The number of carbonyl (C=O) groups excluding carboxylic acids is 1. The van der Waals surface area contributed by atoms with Crippen LogP contribution in [-0.4, -0.2) is 27.2 Å². The molecule has 1 aromatic carbocycles. The highest BCUT2D eigenvalue weighted by Gasteiger charge is 2.17. The van der Waals surface area contributed by atoms with Crippen molar-refractivity contribution in [3.63, 3.8) is 0 Å². The molecule has 0 radical (unpaired) electrons. The summed E-state index contributed by atoms with van der Waals surface area (Å²) in [4.78, 5) is 22.3. The van der Waals surface area contributed by atoms with Gasteiger partial charge in [-0.15, -0.1) is 0 Å². The van der Waals surface area contributed by atoms with Crippen LogP contribution in [0.5, 0.6) is 5.75 Å². The van der Waals surface area contributed by atoms with Gasteiger partial charge in [-0.3, -0.25) is 14.9 Å². The van der Waals surface area contributed by atoms with Crippen molar-refractivity contribution in [1.29, 1.82) is 0 Å². The Labute approximate surface area is 137 Å². The number of rotatable bonds is 6. The zero-order valence-corrected chi connectivity index (χ0v) is 13.3. The molecular formula is C14H15ClN4O4. The zero-order chi connectivity index (χ0) is 17.0. The van der Waals surface area contributed by atoms with Crippen molar-refractivity contribution >= 4 is 29.0 Å². The van der Waals surface area contributed by atoms with Gasteiger partial charge in [-0.25, -0.2) is 4.68 Å². The number of hydrogen-bond donors (Lipinski definition) is 1. The van der Waals surface area contributed by atoms with Crippen LogP contribution in [0.2, 0.25) is 5.02 Å². The van der Waals surface area contributed by atoms with Gasteiger partial charge >= 0.3 is 5.69 Å². The normalized spacial score (nSPS) is 10.6. The lowest BCUT2D eigenvalue weighted by atomic mass is 10.3. The first kappa shape index (κ1) is 16.8. The molecule has 2 aromatic rings. The molecule has 9 heteroatoms. The Balaban J connectivity index is 2.02. The molecule has 0 aliphatic rings. The number of carbonyl (C=O) groups is 1. The molecular weight excluding hydrogens is 324 g/mol. The molecule has 1 N–H and O–H groups in total. The third-order valence-electron chi connectivity index (χ3n) is 2.90. The molecule has 0 atom stereocenters. The van der Waals surface area contributed by atoms with E-state index in [0.717, 1.165) is 0 Å². The molecule has 0 fully saturated rings.